The lowest BCUT2D eigenvalue weighted by Gasteiger charge is -2.27. The molecule has 0 aliphatic heterocycles. The van der Waals surface area contributed by atoms with Gasteiger partial charge in [0.15, 0.2) is 0 Å². The largest absolute Gasteiger partial charge is 0.481 e. The molecule has 0 aromatic heterocycles. The molecule has 4 nitrogen and oxygen atoms in total. The lowest BCUT2D eigenvalue weighted by Crippen LogP contribution is -2.37. The molecule has 0 bridgehead atoms. The molecule has 2 unspecified atom stereocenters. The van der Waals surface area contributed by atoms with E-state index in [1.165, 1.54) is 5.57 Å². The molecule has 1 aromatic rings. The van der Waals surface area contributed by atoms with E-state index in [2.05, 4.69) is 6.08 Å². The zero-order valence-corrected chi connectivity index (χ0v) is 12.8. The van der Waals surface area contributed by atoms with Crippen LogP contribution in [0.5, 0.6) is 0 Å². The quantitative estimate of drug-likeness (QED) is 0.674. The summed E-state index contributed by atoms with van der Waals surface area (Å²) >= 11 is 0. The molecule has 0 saturated heterocycles. The summed E-state index contributed by atoms with van der Waals surface area (Å²) in [6.45, 7) is 5.19. The average molecular weight is 292 g/mol. The number of carboxylic acid groups (broad SMARTS) is 1. The summed E-state index contributed by atoms with van der Waals surface area (Å²) in [6.07, 6.45) is 1.86. The summed E-state index contributed by atoms with van der Waals surface area (Å²) in [6, 6.07) is 7.38. The molecule has 1 rings (SSSR count). The fourth-order valence-corrected chi connectivity index (χ4v) is 2.20. The lowest BCUT2D eigenvalue weighted by molar-refractivity contribution is -0.144. The van der Waals surface area contributed by atoms with Gasteiger partial charge in [0.2, 0.25) is 0 Å². The van der Waals surface area contributed by atoms with Crippen LogP contribution in [-0.4, -0.2) is 34.0 Å². The van der Waals surface area contributed by atoms with E-state index in [-0.39, 0.29) is 6.42 Å². The number of hydrogen-bond donors (Lipinski definition) is 3. The molecule has 0 heterocycles. The number of allylic oxidation sites excluding steroid dienone is 2. The maximum absolute atomic E-state index is 11.6. The van der Waals surface area contributed by atoms with Gasteiger partial charge in [-0.2, -0.15) is 0 Å². The van der Waals surface area contributed by atoms with E-state index in [0.717, 1.165) is 12.0 Å². The molecule has 0 radical (unpaired) electrons. The minimum Gasteiger partial charge on any atom is -0.481 e. The van der Waals surface area contributed by atoms with Crippen LogP contribution < -0.4 is 0 Å². The van der Waals surface area contributed by atoms with Gasteiger partial charge in [0.05, 0.1) is 18.1 Å². The van der Waals surface area contributed by atoms with Crippen LogP contribution in [0.1, 0.15) is 38.3 Å². The highest BCUT2D eigenvalue weighted by molar-refractivity contribution is 5.80. The molecular weight excluding hydrogens is 268 g/mol. The highest BCUT2D eigenvalue weighted by Gasteiger charge is 2.37. The first-order valence-corrected chi connectivity index (χ1v) is 7.04. The Hall–Kier alpha value is -1.65. The van der Waals surface area contributed by atoms with Crippen LogP contribution in [0.25, 0.3) is 0 Å². The number of aliphatic hydroxyl groups excluding tert-OH is 2. The molecule has 0 amide bonds. The fraction of sp³-hybridized carbons (Fsp3) is 0.471. The van der Waals surface area contributed by atoms with Crippen molar-refractivity contribution in [2.75, 3.05) is 6.61 Å². The summed E-state index contributed by atoms with van der Waals surface area (Å²) in [5, 5.41) is 28.0. The Morgan fingerprint density at radius 1 is 1.29 bits per heavy atom. The molecule has 116 valence electrons. The first kappa shape index (κ1) is 17.4. The number of benzene rings is 1. The van der Waals surface area contributed by atoms with Gasteiger partial charge in [-0.25, -0.2) is 0 Å². The normalized spacial score (nSPS) is 15.1. The maximum atomic E-state index is 11.6. The Morgan fingerprint density at radius 3 is 2.29 bits per heavy atom. The van der Waals surface area contributed by atoms with Gasteiger partial charge in [-0.3, -0.25) is 4.79 Å². The van der Waals surface area contributed by atoms with Crippen molar-refractivity contribution in [1.82, 2.24) is 0 Å². The van der Waals surface area contributed by atoms with E-state index in [4.69, 9.17) is 5.11 Å². The summed E-state index contributed by atoms with van der Waals surface area (Å²) in [5.41, 5.74) is 1.76. The van der Waals surface area contributed by atoms with Crippen molar-refractivity contribution in [2.45, 2.75) is 45.1 Å². The summed E-state index contributed by atoms with van der Waals surface area (Å²) in [4.78, 5) is 11.6. The standard InChI is InChI=1S/C17H24O4/c1-12(2)4-5-13-6-8-14(9-7-13)17(3,16(20)21)10-15(19)11-18/h4,6-9,15,18-19H,5,10-11H2,1-3H3,(H,20,21). The fourth-order valence-electron chi connectivity index (χ4n) is 2.20. The van der Waals surface area contributed by atoms with Gasteiger partial charge in [0.1, 0.15) is 0 Å². The minimum atomic E-state index is -1.21. The predicted octanol–water partition coefficient (Wildman–Crippen LogP) is 2.28. The Bertz CT molecular complexity index is 500. The molecule has 3 N–H and O–H groups in total. The summed E-state index contributed by atoms with van der Waals surface area (Å²) in [5.74, 6) is -1.01. The van der Waals surface area contributed by atoms with Gasteiger partial charge in [-0.05, 0) is 44.7 Å². The van der Waals surface area contributed by atoms with Crippen molar-refractivity contribution in [3.63, 3.8) is 0 Å². The smallest absolute Gasteiger partial charge is 0.313 e. The number of carboxylic acids is 1. The van der Waals surface area contributed by atoms with E-state index in [9.17, 15) is 15.0 Å². The molecule has 2 atom stereocenters. The van der Waals surface area contributed by atoms with Crippen molar-refractivity contribution in [3.8, 4) is 0 Å². The van der Waals surface area contributed by atoms with Crippen LogP contribution in [0.4, 0.5) is 0 Å². The van der Waals surface area contributed by atoms with Gasteiger partial charge in [0, 0.05) is 0 Å². The second kappa shape index (κ2) is 7.38. The summed E-state index contributed by atoms with van der Waals surface area (Å²) in [7, 11) is 0. The van der Waals surface area contributed by atoms with Gasteiger partial charge in [0.25, 0.3) is 0 Å². The molecule has 1 aromatic carbocycles. The first-order chi connectivity index (χ1) is 9.79. The highest BCUT2D eigenvalue weighted by atomic mass is 16.4. The van der Waals surface area contributed by atoms with E-state index in [1.807, 2.05) is 26.0 Å². The van der Waals surface area contributed by atoms with Crippen LogP contribution in [0, 0.1) is 0 Å². The second-order valence-electron chi connectivity index (χ2n) is 5.86. The van der Waals surface area contributed by atoms with Crippen molar-refractivity contribution < 1.29 is 20.1 Å². The molecule has 0 saturated carbocycles. The van der Waals surface area contributed by atoms with Crippen molar-refractivity contribution in [3.05, 3.63) is 47.0 Å². The molecule has 0 aliphatic carbocycles. The van der Waals surface area contributed by atoms with Crippen LogP contribution in [0.3, 0.4) is 0 Å². The SMILES string of the molecule is CC(C)=CCc1ccc(C(C)(CC(O)CO)C(=O)O)cc1. The van der Waals surface area contributed by atoms with Crippen molar-refractivity contribution in [2.24, 2.45) is 0 Å². The van der Waals surface area contributed by atoms with Crippen LogP contribution in [0.2, 0.25) is 0 Å². The Balaban J connectivity index is 2.99. The number of aliphatic hydroxyl groups is 2. The molecular formula is C17H24O4. The van der Waals surface area contributed by atoms with Gasteiger partial charge in [-0.15, -0.1) is 0 Å². The van der Waals surface area contributed by atoms with Gasteiger partial charge >= 0.3 is 5.97 Å². The monoisotopic (exact) mass is 292 g/mol. The third kappa shape index (κ3) is 4.69. The number of aliphatic carboxylic acids is 1. The van der Waals surface area contributed by atoms with Crippen molar-refractivity contribution >= 4 is 5.97 Å². The zero-order valence-electron chi connectivity index (χ0n) is 12.8. The molecule has 0 aliphatic rings. The predicted molar refractivity (Wildman–Crippen MR) is 82.3 cm³/mol. The highest BCUT2D eigenvalue weighted by Crippen LogP contribution is 2.30. The second-order valence-corrected chi connectivity index (χ2v) is 5.86. The Kier molecular flexibility index (Phi) is 6.12. The third-order valence-corrected chi connectivity index (χ3v) is 3.66. The molecule has 0 fully saturated rings. The van der Waals surface area contributed by atoms with E-state index in [1.54, 1.807) is 19.1 Å². The van der Waals surface area contributed by atoms with Crippen LogP contribution >= 0.6 is 0 Å². The number of hydrogen-bond acceptors (Lipinski definition) is 3. The Labute approximate surface area is 125 Å². The first-order valence-electron chi connectivity index (χ1n) is 7.04. The van der Waals surface area contributed by atoms with E-state index in [0.29, 0.717) is 5.56 Å². The molecule has 21 heavy (non-hydrogen) atoms. The van der Waals surface area contributed by atoms with Gasteiger partial charge in [-0.1, -0.05) is 35.9 Å². The Morgan fingerprint density at radius 2 is 1.86 bits per heavy atom. The van der Waals surface area contributed by atoms with E-state index >= 15 is 0 Å². The van der Waals surface area contributed by atoms with E-state index < -0.39 is 24.1 Å². The van der Waals surface area contributed by atoms with Crippen LogP contribution in [-0.2, 0) is 16.6 Å². The maximum Gasteiger partial charge on any atom is 0.313 e. The number of rotatable bonds is 7. The molecule has 4 heteroatoms. The van der Waals surface area contributed by atoms with Crippen LogP contribution in [0.15, 0.2) is 35.9 Å². The average Bonchev–Trinajstić information content (AvgIpc) is 2.45. The number of carbonyl (C=O) groups is 1. The zero-order chi connectivity index (χ0) is 16.0. The minimum absolute atomic E-state index is 0.0217. The summed E-state index contributed by atoms with van der Waals surface area (Å²) < 4.78 is 0. The third-order valence-electron chi connectivity index (χ3n) is 3.66. The lowest BCUT2D eigenvalue weighted by atomic mass is 9.77. The van der Waals surface area contributed by atoms with Crippen molar-refractivity contribution in [1.29, 1.82) is 0 Å². The topological polar surface area (TPSA) is 77.8 Å². The molecule has 0 spiro atoms. The van der Waals surface area contributed by atoms with Gasteiger partial charge < -0.3 is 15.3 Å².